The van der Waals surface area contributed by atoms with Crippen LogP contribution in [0, 0.1) is 0 Å². The molecule has 0 heterocycles. The van der Waals surface area contributed by atoms with Gasteiger partial charge in [0.15, 0.2) is 28.8 Å². The van der Waals surface area contributed by atoms with Crippen molar-refractivity contribution in [3.8, 4) is 28.7 Å². The Morgan fingerprint density at radius 3 is 1.23 bits per heavy atom. The normalized spacial score (nSPS) is 14.2. The Kier molecular flexibility index (Phi) is 22.7. The fraction of sp³-hybridized carbons (Fsp3) is 0.723. The Bertz CT molecular complexity index is 1250. The highest BCUT2D eigenvalue weighted by atomic mass is 16.5. The van der Waals surface area contributed by atoms with E-state index in [4.69, 9.17) is 23.7 Å². The summed E-state index contributed by atoms with van der Waals surface area (Å²) in [6, 6.07) is 8.45. The average molecular weight is 739 g/mol. The molecule has 5 unspecified atom stereocenters. The SMILES string of the molecule is CCCC(CC)Oc1ccc(CC)cc1CCC(=O)c1c(OC(CC)CCC)c(OC(CC)CCC)cc(OC(CC)CCC)c1OC(CC)CCC. The number of hydrogen-bond donors (Lipinski definition) is 0. The van der Waals surface area contributed by atoms with E-state index in [1.807, 2.05) is 6.07 Å². The largest absolute Gasteiger partial charge is 0.490 e. The predicted molar refractivity (Wildman–Crippen MR) is 223 cm³/mol. The summed E-state index contributed by atoms with van der Waals surface area (Å²) in [7, 11) is 0. The number of carbonyl (C=O) groups is 1. The Morgan fingerprint density at radius 2 is 0.868 bits per heavy atom. The van der Waals surface area contributed by atoms with Crippen molar-refractivity contribution >= 4 is 5.78 Å². The van der Waals surface area contributed by atoms with Gasteiger partial charge in [-0.3, -0.25) is 4.79 Å². The lowest BCUT2D eigenvalue weighted by Crippen LogP contribution is -2.24. The molecule has 0 bridgehead atoms. The molecule has 6 nitrogen and oxygen atoms in total. The van der Waals surface area contributed by atoms with E-state index < -0.39 is 0 Å². The number of Topliss-reactive ketones (excluding diaryl/α,β-unsaturated/α-hetero) is 1. The van der Waals surface area contributed by atoms with Gasteiger partial charge in [0, 0.05) is 12.5 Å². The maximum atomic E-state index is 15.1. The Labute approximate surface area is 325 Å². The van der Waals surface area contributed by atoms with Gasteiger partial charge in [-0.15, -0.1) is 0 Å². The van der Waals surface area contributed by atoms with Crippen LogP contribution >= 0.6 is 0 Å². The summed E-state index contributed by atoms with van der Waals surface area (Å²) < 4.78 is 34.2. The van der Waals surface area contributed by atoms with Crippen molar-refractivity contribution in [3.63, 3.8) is 0 Å². The summed E-state index contributed by atoms with van der Waals surface area (Å²) in [5.41, 5.74) is 2.77. The monoisotopic (exact) mass is 739 g/mol. The zero-order chi connectivity index (χ0) is 39.2. The maximum absolute atomic E-state index is 15.1. The molecular weight excluding hydrogens is 661 g/mol. The molecule has 0 radical (unpaired) electrons. The molecule has 2 rings (SSSR count). The van der Waals surface area contributed by atoms with Crippen molar-refractivity contribution in [1.82, 2.24) is 0 Å². The van der Waals surface area contributed by atoms with Gasteiger partial charge < -0.3 is 23.7 Å². The average Bonchev–Trinajstić information content (AvgIpc) is 3.17. The first-order chi connectivity index (χ1) is 25.7. The third-order valence-electron chi connectivity index (χ3n) is 10.4. The minimum Gasteiger partial charge on any atom is -0.490 e. The van der Waals surface area contributed by atoms with Crippen molar-refractivity contribution in [2.45, 2.75) is 222 Å². The molecule has 302 valence electrons. The van der Waals surface area contributed by atoms with E-state index in [9.17, 15) is 0 Å². The zero-order valence-corrected chi connectivity index (χ0v) is 35.9. The number of aryl methyl sites for hydroxylation is 2. The lowest BCUT2D eigenvalue weighted by atomic mass is 9.97. The minimum absolute atomic E-state index is 0.0107. The molecular formula is C47H78O6. The molecule has 0 spiro atoms. The van der Waals surface area contributed by atoms with E-state index in [2.05, 4.69) is 94.4 Å². The number of rotatable bonds is 30. The van der Waals surface area contributed by atoms with Gasteiger partial charge >= 0.3 is 0 Å². The zero-order valence-electron chi connectivity index (χ0n) is 35.9. The third kappa shape index (κ3) is 14.7. The summed E-state index contributed by atoms with van der Waals surface area (Å²) in [4.78, 5) is 15.1. The molecule has 0 aliphatic rings. The second-order valence-corrected chi connectivity index (χ2v) is 14.8. The standard InChI is InChI=1S/C47H78O6/c1-12-23-36(18-7)49-42-31-28-34(17-6)32-35(42)29-30-41(48)45-46(52-39(21-10)26-15-4)43(50-37(19-8)24-13-2)33-44(51-38(20-9)25-14-3)47(45)53-40(22-11)27-16-5/h28,31-33,36-40H,12-27,29-30H2,1-11H3. The lowest BCUT2D eigenvalue weighted by Gasteiger charge is -2.29. The van der Waals surface area contributed by atoms with E-state index in [1.54, 1.807) is 0 Å². The molecule has 0 aliphatic heterocycles. The summed E-state index contributed by atoms with van der Waals surface area (Å²) in [6.07, 6.45) is 15.6. The molecule has 0 N–H and O–H groups in total. The predicted octanol–water partition coefficient (Wildman–Crippen LogP) is 13.9. The van der Waals surface area contributed by atoms with Crippen LogP contribution in [0.1, 0.15) is 200 Å². The Hall–Kier alpha value is -2.89. The molecule has 53 heavy (non-hydrogen) atoms. The van der Waals surface area contributed by atoms with Crippen LogP contribution in [0.2, 0.25) is 0 Å². The van der Waals surface area contributed by atoms with Crippen LogP contribution in [0.5, 0.6) is 28.7 Å². The van der Waals surface area contributed by atoms with Gasteiger partial charge in [0.2, 0.25) is 0 Å². The summed E-state index contributed by atoms with van der Waals surface area (Å²) in [6.45, 7) is 23.9. The number of ether oxygens (including phenoxy) is 5. The Balaban J connectivity index is 2.92. The number of ketones is 1. The van der Waals surface area contributed by atoms with Crippen molar-refractivity contribution in [1.29, 1.82) is 0 Å². The molecule has 0 saturated heterocycles. The molecule has 2 aromatic carbocycles. The van der Waals surface area contributed by atoms with E-state index in [-0.39, 0.29) is 42.7 Å². The molecule has 0 fully saturated rings. The topological polar surface area (TPSA) is 63.2 Å². The molecule has 0 amide bonds. The summed E-state index contributed by atoms with van der Waals surface area (Å²) in [5, 5.41) is 0. The van der Waals surface area contributed by atoms with E-state index in [0.29, 0.717) is 35.0 Å². The first-order valence-corrected chi connectivity index (χ1v) is 21.9. The van der Waals surface area contributed by atoms with Crippen molar-refractivity contribution in [3.05, 3.63) is 41.0 Å². The second kappa shape index (κ2) is 26.0. The first-order valence-electron chi connectivity index (χ1n) is 21.9. The fourth-order valence-corrected chi connectivity index (χ4v) is 7.01. The minimum atomic E-state index is -0.0633. The van der Waals surface area contributed by atoms with Crippen molar-refractivity contribution in [2.24, 2.45) is 0 Å². The van der Waals surface area contributed by atoms with Gasteiger partial charge in [0.1, 0.15) is 11.3 Å². The van der Waals surface area contributed by atoms with Crippen molar-refractivity contribution < 1.29 is 28.5 Å². The van der Waals surface area contributed by atoms with Crippen LogP contribution < -0.4 is 23.7 Å². The molecule has 0 saturated carbocycles. The quantitative estimate of drug-likeness (QED) is 0.0744. The number of benzene rings is 2. The van der Waals surface area contributed by atoms with Crippen LogP contribution in [-0.4, -0.2) is 36.3 Å². The lowest BCUT2D eigenvalue weighted by molar-refractivity contribution is 0.0946. The van der Waals surface area contributed by atoms with Gasteiger partial charge in [0.25, 0.3) is 0 Å². The highest BCUT2D eigenvalue weighted by Crippen LogP contribution is 2.48. The molecule has 0 aliphatic carbocycles. The molecule has 6 heteroatoms. The number of hydrogen-bond acceptors (Lipinski definition) is 6. The molecule has 2 aromatic rings. The van der Waals surface area contributed by atoms with Crippen LogP contribution in [0.15, 0.2) is 24.3 Å². The summed E-state index contributed by atoms with van der Waals surface area (Å²) >= 11 is 0. The fourth-order valence-electron chi connectivity index (χ4n) is 7.01. The van der Waals surface area contributed by atoms with Crippen LogP contribution in [0.4, 0.5) is 0 Å². The van der Waals surface area contributed by atoms with Gasteiger partial charge in [-0.05, 0) is 94.2 Å². The van der Waals surface area contributed by atoms with E-state index >= 15 is 4.79 Å². The highest BCUT2D eigenvalue weighted by molar-refractivity contribution is 6.03. The maximum Gasteiger partial charge on any atom is 0.176 e. The summed E-state index contributed by atoms with van der Waals surface area (Å²) in [5.74, 6) is 3.04. The van der Waals surface area contributed by atoms with Gasteiger partial charge in [0.05, 0.1) is 30.5 Å². The van der Waals surface area contributed by atoms with E-state index in [1.165, 1.54) is 5.56 Å². The Morgan fingerprint density at radius 1 is 0.491 bits per heavy atom. The highest BCUT2D eigenvalue weighted by Gasteiger charge is 2.32. The van der Waals surface area contributed by atoms with Gasteiger partial charge in [-0.2, -0.15) is 0 Å². The van der Waals surface area contributed by atoms with Crippen LogP contribution in [0.3, 0.4) is 0 Å². The number of carbonyl (C=O) groups excluding carboxylic acids is 1. The first kappa shape index (κ1) is 46.3. The molecule has 0 aromatic heterocycles. The van der Waals surface area contributed by atoms with Gasteiger partial charge in [-0.25, -0.2) is 0 Å². The molecule has 5 atom stereocenters. The van der Waals surface area contributed by atoms with Crippen LogP contribution in [0.25, 0.3) is 0 Å². The van der Waals surface area contributed by atoms with Crippen LogP contribution in [-0.2, 0) is 12.8 Å². The van der Waals surface area contributed by atoms with E-state index in [0.717, 1.165) is 114 Å². The second-order valence-electron chi connectivity index (χ2n) is 14.8. The third-order valence-corrected chi connectivity index (χ3v) is 10.4. The van der Waals surface area contributed by atoms with Crippen molar-refractivity contribution in [2.75, 3.05) is 0 Å². The smallest absolute Gasteiger partial charge is 0.176 e. The van der Waals surface area contributed by atoms with Gasteiger partial charge in [-0.1, -0.05) is 120 Å².